The molecule has 8 heterocycles. The molecule has 9 rings (SSSR count). The summed E-state index contributed by atoms with van der Waals surface area (Å²) in [6.45, 7) is 4.43. The summed E-state index contributed by atoms with van der Waals surface area (Å²) < 4.78 is 20.1. The highest BCUT2D eigenvalue weighted by Gasteiger charge is 2.25. The Morgan fingerprint density at radius 2 is 0.750 bits per heavy atom. The lowest BCUT2D eigenvalue weighted by atomic mass is 10.2. The van der Waals surface area contributed by atoms with Crippen molar-refractivity contribution in [3.05, 3.63) is 48.3 Å². The third-order valence-electron chi connectivity index (χ3n) is 6.89. The van der Waals surface area contributed by atoms with Gasteiger partial charge in [0.15, 0.2) is 0 Å². The van der Waals surface area contributed by atoms with Gasteiger partial charge in [0.1, 0.15) is 0 Å². The van der Waals surface area contributed by atoms with Gasteiger partial charge < -0.3 is 0 Å². The van der Waals surface area contributed by atoms with E-state index in [1.54, 1.807) is 0 Å². The SMILES string of the molecule is Cc1cc2sc(-c3sc4c(sc5cc6c(cc54)sc4c(I)c(-c5sc7cc(C)sc7c5I)sc46)c3I)c(I)c2s1. The standard InChI is InChI=1S/C28H10I4S8/c1-7-3-13-21(33-7)15(29)25(37-13)27-17(31)23-19(39-27)9-5-12-10(6-11(9)35-23)20-24(36-12)18(32)28(40-20)26-16(30)22-14(38-26)4-8(2)34-22/h3-6H,1-2H3. The molecule has 0 atom stereocenters. The Labute approximate surface area is 315 Å². The quantitative estimate of drug-likeness (QED) is 0.151. The van der Waals surface area contributed by atoms with E-state index in [4.69, 9.17) is 0 Å². The molecule has 0 aliphatic carbocycles. The molecule has 0 amide bonds. The van der Waals surface area contributed by atoms with Crippen LogP contribution < -0.4 is 0 Å². The monoisotopic (exact) mass is 1110 g/mol. The summed E-state index contributed by atoms with van der Waals surface area (Å²) in [4.78, 5) is 8.61. The van der Waals surface area contributed by atoms with Crippen molar-refractivity contribution in [1.29, 1.82) is 0 Å². The Hall–Kier alpha value is 1.30. The Bertz CT molecular complexity index is 2340. The third kappa shape index (κ3) is 3.92. The van der Waals surface area contributed by atoms with Gasteiger partial charge in [-0.3, -0.25) is 0 Å². The zero-order valence-electron chi connectivity index (χ0n) is 20.1. The first-order valence-electron chi connectivity index (χ1n) is 11.8. The van der Waals surface area contributed by atoms with Gasteiger partial charge in [-0.15, -0.1) is 90.7 Å². The van der Waals surface area contributed by atoms with Crippen molar-refractivity contribution in [1.82, 2.24) is 0 Å². The molecule has 0 spiro atoms. The van der Waals surface area contributed by atoms with Crippen LogP contribution in [-0.2, 0) is 0 Å². The largest absolute Gasteiger partial charge is 0.139 e. The number of thiophene rings is 8. The third-order valence-corrected chi connectivity index (χ3v) is 24.2. The summed E-state index contributed by atoms with van der Waals surface area (Å²) in [7, 11) is 0. The maximum atomic E-state index is 2.61. The fourth-order valence-electron chi connectivity index (χ4n) is 5.17. The Kier molecular flexibility index (Phi) is 6.83. The molecule has 0 nitrogen and oxygen atoms in total. The van der Waals surface area contributed by atoms with Crippen LogP contribution in [0.15, 0.2) is 24.3 Å². The molecule has 0 saturated heterocycles. The van der Waals surface area contributed by atoms with Gasteiger partial charge in [0.05, 0.1) is 62.0 Å². The van der Waals surface area contributed by atoms with Crippen molar-refractivity contribution in [3.8, 4) is 19.5 Å². The van der Waals surface area contributed by atoms with E-state index in [2.05, 4.69) is 128 Å². The second-order valence-electron chi connectivity index (χ2n) is 9.45. The molecule has 8 aromatic heterocycles. The summed E-state index contributed by atoms with van der Waals surface area (Å²) in [5, 5.41) is 2.86. The molecule has 0 bridgehead atoms. The van der Waals surface area contributed by atoms with Crippen LogP contribution in [0.1, 0.15) is 9.75 Å². The number of rotatable bonds is 2. The molecule has 0 radical (unpaired) electrons. The molecule has 0 N–H and O–H groups in total. The van der Waals surface area contributed by atoms with Gasteiger partial charge in [0.25, 0.3) is 0 Å². The first-order valence-corrected chi connectivity index (χ1v) is 22.7. The molecule has 0 saturated carbocycles. The molecule has 0 aliphatic heterocycles. The summed E-state index contributed by atoms with van der Waals surface area (Å²) in [5.41, 5.74) is 0. The molecular weight excluding hydrogens is 1100 g/mol. The molecular formula is C28H10I4S8. The van der Waals surface area contributed by atoms with Crippen molar-refractivity contribution in [2.24, 2.45) is 0 Å². The zero-order chi connectivity index (χ0) is 27.2. The van der Waals surface area contributed by atoms with Crippen molar-refractivity contribution in [3.63, 3.8) is 0 Å². The molecule has 0 aliphatic rings. The van der Waals surface area contributed by atoms with Crippen LogP contribution >= 0.6 is 181 Å². The summed E-state index contributed by atoms with van der Waals surface area (Å²) in [6, 6.07) is 9.68. The highest BCUT2D eigenvalue weighted by atomic mass is 127. The number of hydrogen-bond donors (Lipinski definition) is 0. The lowest BCUT2D eigenvalue weighted by molar-refractivity contribution is 1.66. The summed E-state index contributed by atoms with van der Waals surface area (Å²) in [6.07, 6.45) is 0. The van der Waals surface area contributed by atoms with Crippen LogP contribution in [0.4, 0.5) is 0 Å². The minimum Gasteiger partial charge on any atom is -0.139 e. The predicted octanol–water partition coefficient (Wildman–Crippen LogP) is 15.5. The summed E-state index contributed by atoms with van der Waals surface area (Å²) >= 11 is 26.1. The molecule has 40 heavy (non-hydrogen) atoms. The van der Waals surface area contributed by atoms with Crippen LogP contribution in [0, 0.1) is 28.1 Å². The number of aryl methyl sites for hydroxylation is 2. The van der Waals surface area contributed by atoms with E-state index in [1.807, 2.05) is 90.7 Å². The van der Waals surface area contributed by atoms with Gasteiger partial charge in [-0.1, -0.05) is 0 Å². The zero-order valence-corrected chi connectivity index (χ0v) is 35.2. The summed E-state index contributed by atoms with van der Waals surface area (Å²) in [5.74, 6) is 0. The fourth-order valence-corrected chi connectivity index (χ4v) is 21.5. The lowest BCUT2D eigenvalue weighted by Gasteiger charge is -1.98. The average molecular weight is 1110 g/mol. The van der Waals surface area contributed by atoms with Crippen molar-refractivity contribution >= 4 is 239 Å². The smallest absolute Gasteiger partial charge is 0.0609 e. The highest BCUT2D eigenvalue weighted by molar-refractivity contribution is 14.1. The van der Waals surface area contributed by atoms with E-state index in [0.717, 1.165) is 0 Å². The van der Waals surface area contributed by atoms with Gasteiger partial charge in [0, 0.05) is 39.3 Å². The van der Waals surface area contributed by atoms with Gasteiger partial charge in [-0.2, -0.15) is 0 Å². The van der Waals surface area contributed by atoms with E-state index in [0.29, 0.717) is 0 Å². The van der Waals surface area contributed by atoms with Crippen molar-refractivity contribution in [2.75, 3.05) is 0 Å². The average Bonchev–Trinajstić information content (AvgIpc) is 3.77. The molecule has 0 unspecified atom stereocenters. The minimum atomic E-state index is 1.40. The molecule has 0 fully saturated rings. The van der Waals surface area contributed by atoms with Crippen LogP contribution in [0.3, 0.4) is 0 Å². The van der Waals surface area contributed by atoms with E-state index < -0.39 is 0 Å². The topological polar surface area (TPSA) is 0 Å². The van der Waals surface area contributed by atoms with Gasteiger partial charge >= 0.3 is 0 Å². The highest BCUT2D eigenvalue weighted by Crippen LogP contribution is 2.55. The molecule has 198 valence electrons. The van der Waals surface area contributed by atoms with E-state index in [9.17, 15) is 0 Å². The number of fused-ring (bicyclic) bond motifs is 8. The normalized spacial score (nSPS) is 12.8. The van der Waals surface area contributed by atoms with E-state index in [-0.39, 0.29) is 0 Å². The Morgan fingerprint density at radius 1 is 0.375 bits per heavy atom. The van der Waals surface area contributed by atoms with Gasteiger partial charge in [0.2, 0.25) is 0 Å². The van der Waals surface area contributed by atoms with Crippen molar-refractivity contribution < 1.29 is 0 Å². The van der Waals surface area contributed by atoms with Crippen LogP contribution in [0.2, 0.25) is 0 Å². The van der Waals surface area contributed by atoms with E-state index >= 15 is 0 Å². The number of hydrogen-bond acceptors (Lipinski definition) is 8. The van der Waals surface area contributed by atoms with Gasteiger partial charge in [-0.05, 0) is 128 Å². The van der Waals surface area contributed by atoms with E-state index in [1.165, 1.54) is 101 Å². The predicted molar refractivity (Wildman–Crippen MR) is 226 cm³/mol. The first-order chi connectivity index (χ1) is 19.3. The second kappa shape index (κ2) is 9.90. The maximum Gasteiger partial charge on any atom is 0.0609 e. The lowest BCUT2D eigenvalue weighted by Crippen LogP contribution is -1.73. The minimum absolute atomic E-state index is 1.40. The Balaban J connectivity index is 1.22. The van der Waals surface area contributed by atoms with Crippen LogP contribution in [0.5, 0.6) is 0 Å². The second-order valence-corrected chi connectivity index (χ2v) is 22.5. The number of halogens is 4. The molecule has 1 aromatic carbocycles. The fraction of sp³-hybridized carbons (Fsp3) is 0.0714. The molecule has 12 heteroatoms. The van der Waals surface area contributed by atoms with Crippen LogP contribution in [-0.4, -0.2) is 0 Å². The Morgan fingerprint density at radius 3 is 1.15 bits per heavy atom. The number of benzene rings is 1. The maximum absolute atomic E-state index is 2.61. The first kappa shape index (κ1) is 27.6. The van der Waals surface area contributed by atoms with Gasteiger partial charge in [-0.25, -0.2) is 0 Å². The van der Waals surface area contributed by atoms with Crippen LogP contribution in [0.25, 0.3) is 77.3 Å². The molecule has 9 aromatic rings. The van der Waals surface area contributed by atoms with Crippen molar-refractivity contribution in [2.45, 2.75) is 13.8 Å².